The second kappa shape index (κ2) is 3.22. The number of aliphatic carboxylic acids is 1. The number of carbonyl (C=O) groups is 3. The van der Waals surface area contributed by atoms with Crippen molar-refractivity contribution < 1.29 is 24.2 Å². The van der Waals surface area contributed by atoms with Gasteiger partial charge in [0.05, 0.1) is 5.57 Å². The minimum absolute atomic E-state index is 0.187. The average Bonchev–Trinajstić information content (AvgIpc) is 2.31. The highest BCUT2D eigenvalue weighted by Crippen LogP contribution is 2.19. The topological polar surface area (TPSA) is 80.7 Å². The number of rotatable bonds is 3. The maximum absolute atomic E-state index is 10.9. The molecule has 68 valence electrons. The zero-order chi connectivity index (χ0) is 10.0. The van der Waals surface area contributed by atoms with Gasteiger partial charge in [-0.3, -0.25) is 4.79 Å². The normalized spacial score (nSPS) is 17.7. The van der Waals surface area contributed by atoms with Gasteiger partial charge in [-0.25, -0.2) is 9.59 Å². The second-order valence-electron chi connectivity index (χ2n) is 2.36. The molecule has 0 radical (unpaired) electrons. The third-order valence-corrected chi connectivity index (χ3v) is 1.54. The van der Waals surface area contributed by atoms with E-state index in [0.717, 1.165) is 12.2 Å². The predicted molar refractivity (Wildman–Crippen MR) is 40.5 cm³/mol. The number of ether oxygens (including phenoxy) is 1. The Balaban J connectivity index is 2.99. The molecule has 13 heavy (non-hydrogen) atoms. The van der Waals surface area contributed by atoms with E-state index in [9.17, 15) is 14.4 Å². The summed E-state index contributed by atoms with van der Waals surface area (Å²) in [5, 5.41) is 8.61. The quantitative estimate of drug-likeness (QED) is 0.374. The molecule has 5 heteroatoms. The highest BCUT2D eigenvalue weighted by molar-refractivity contribution is 6.11. The van der Waals surface area contributed by atoms with E-state index in [0.29, 0.717) is 0 Å². The van der Waals surface area contributed by atoms with E-state index in [1.54, 1.807) is 0 Å². The van der Waals surface area contributed by atoms with Gasteiger partial charge in [-0.05, 0) is 0 Å². The van der Waals surface area contributed by atoms with Crippen LogP contribution >= 0.6 is 0 Å². The molecule has 0 saturated carbocycles. The van der Waals surface area contributed by atoms with Gasteiger partial charge in [0.2, 0.25) is 0 Å². The minimum atomic E-state index is -1.24. The summed E-state index contributed by atoms with van der Waals surface area (Å²) in [4.78, 5) is 32.0. The first-order valence-electron chi connectivity index (χ1n) is 3.39. The van der Waals surface area contributed by atoms with Crippen molar-refractivity contribution in [1.82, 2.24) is 0 Å². The third-order valence-electron chi connectivity index (χ3n) is 1.54. The lowest BCUT2D eigenvalue weighted by molar-refractivity contribution is -0.152. The van der Waals surface area contributed by atoms with Gasteiger partial charge in [0, 0.05) is 6.08 Å². The largest absolute Gasteiger partial charge is 0.481 e. The Morgan fingerprint density at radius 1 is 1.62 bits per heavy atom. The Bertz CT molecular complexity index is 325. The van der Waals surface area contributed by atoms with Crippen molar-refractivity contribution in [2.24, 2.45) is 5.92 Å². The molecule has 1 aliphatic heterocycles. The summed E-state index contributed by atoms with van der Waals surface area (Å²) >= 11 is 0. The third kappa shape index (κ3) is 1.64. The van der Waals surface area contributed by atoms with E-state index < -0.39 is 23.8 Å². The van der Waals surface area contributed by atoms with E-state index >= 15 is 0 Å². The first kappa shape index (κ1) is 9.18. The molecule has 1 aliphatic rings. The Morgan fingerprint density at radius 3 is 2.54 bits per heavy atom. The highest BCUT2D eigenvalue weighted by atomic mass is 16.6. The molecule has 1 rings (SSSR count). The Kier molecular flexibility index (Phi) is 2.27. The lowest BCUT2D eigenvalue weighted by Crippen LogP contribution is -2.17. The fourth-order valence-electron chi connectivity index (χ4n) is 0.943. The van der Waals surface area contributed by atoms with Gasteiger partial charge < -0.3 is 9.84 Å². The molecule has 0 spiro atoms. The predicted octanol–water partition coefficient (Wildman–Crippen LogP) is -0.117. The van der Waals surface area contributed by atoms with Crippen molar-refractivity contribution in [2.75, 3.05) is 0 Å². The van der Waals surface area contributed by atoms with Crippen LogP contribution in [0.1, 0.15) is 0 Å². The van der Waals surface area contributed by atoms with E-state index in [1.807, 2.05) is 0 Å². The molecule has 1 unspecified atom stereocenters. The summed E-state index contributed by atoms with van der Waals surface area (Å²) in [7, 11) is 0. The van der Waals surface area contributed by atoms with Gasteiger partial charge in [-0.1, -0.05) is 6.08 Å². The fraction of sp³-hybridized carbons (Fsp3) is 0.125. The first-order valence-corrected chi connectivity index (χ1v) is 3.39. The second-order valence-corrected chi connectivity index (χ2v) is 2.36. The lowest BCUT2D eigenvalue weighted by atomic mass is 10.0. The summed E-state index contributed by atoms with van der Waals surface area (Å²) in [5.41, 5.74) is -0.187. The molecule has 0 aliphatic carbocycles. The average molecular weight is 182 g/mol. The first-order chi connectivity index (χ1) is 6.06. The van der Waals surface area contributed by atoms with Crippen molar-refractivity contribution in [2.45, 2.75) is 0 Å². The molecule has 0 aromatic heterocycles. The molecular formula is C8H6O5. The van der Waals surface area contributed by atoms with Gasteiger partial charge in [-0.2, -0.15) is 0 Å². The molecule has 1 N–H and O–H groups in total. The van der Waals surface area contributed by atoms with Gasteiger partial charge in [0.1, 0.15) is 5.92 Å². The summed E-state index contributed by atoms with van der Waals surface area (Å²) in [6.07, 6.45) is 1.93. The molecule has 0 aromatic carbocycles. The smallest absolute Gasteiger partial charge is 0.343 e. The van der Waals surface area contributed by atoms with E-state index in [4.69, 9.17) is 5.11 Å². The van der Waals surface area contributed by atoms with E-state index in [2.05, 4.69) is 11.3 Å². The summed E-state index contributed by atoms with van der Waals surface area (Å²) in [6.45, 7) is 3.25. The van der Waals surface area contributed by atoms with Crippen molar-refractivity contribution in [3.8, 4) is 0 Å². The van der Waals surface area contributed by atoms with Crippen LogP contribution in [0.5, 0.6) is 0 Å². The zero-order valence-corrected chi connectivity index (χ0v) is 6.52. The van der Waals surface area contributed by atoms with Gasteiger partial charge in [0.25, 0.3) is 0 Å². The summed E-state index contributed by atoms with van der Waals surface area (Å²) < 4.78 is 4.13. The lowest BCUT2D eigenvalue weighted by Gasteiger charge is -2.03. The minimum Gasteiger partial charge on any atom is -0.481 e. The highest BCUT2D eigenvalue weighted by Gasteiger charge is 2.32. The number of cyclic esters (lactones) is 2. The molecule has 1 atom stereocenters. The molecule has 0 saturated heterocycles. The van der Waals surface area contributed by atoms with Crippen LogP contribution in [0.3, 0.4) is 0 Å². The number of hydrogen-bond acceptors (Lipinski definition) is 4. The molecule has 0 bridgehead atoms. The fourth-order valence-corrected chi connectivity index (χ4v) is 0.943. The van der Waals surface area contributed by atoms with Crippen molar-refractivity contribution in [3.63, 3.8) is 0 Å². The molecule has 0 fully saturated rings. The van der Waals surface area contributed by atoms with E-state index in [-0.39, 0.29) is 5.57 Å². The molecule has 1 heterocycles. The number of hydrogen-bond donors (Lipinski definition) is 1. The van der Waals surface area contributed by atoms with Crippen LogP contribution in [0.2, 0.25) is 0 Å². The van der Waals surface area contributed by atoms with Crippen LogP contribution < -0.4 is 0 Å². The van der Waals surface area contributed by atoms with Crippen molar-refractivity contribution in [3.05, 3.63) is 24.3 Å². The van der Waals surface area contributed by atoms with Crippen LogP contribution in [0.15, 0.2) is 24.3 Å². The van der Waals surface area contributed by atoms with Crippen LogP contribution in [0, 0.1) is 5.92 Å². The Morgan fingerprint density at radius 2 is 2.23 bits per heavy atom. The number of esters is 2. The number of carbonyl (C=O) groups excluding carboxylic acids is 2. The molecule has 0 aromatic rings. The van der Waals surface area contributed by atoms with Crippen LogP contribution in [0.25, 0.3) is 0 Å². The van der Waals surface area contributed by atoms with E-state index in [1.165, 1.54) is 0 Å². The van der Waals surface area contributed by atoms with Gasteiger partial charge in [-0.15, -0.1) is 6.58 Å². The van der Waals surface area contributed by atoms with Crippen LogP contribution in [-0.2, 0) is 19.1 Å². The zero-order valence-electron chi connectivity index (χ0n) is 6.52. The summed E-state index contributed by atoms with van der Waals surface area (Å²) in [6, 6.07) is 0. The SMILES string of the molecule is C=CC(C(=O)O)C1=CC(=O)OC1=O. The molecule has 0 amide bonds. The van der Waals surface area contributed by atoms with Crippen molar-refractivity contribution >= 4 is 17.9 Å². The van der Waals surface area contributed by atoms with Gasteiger partial charge >= 0.3 is 17.9 Å². The molecule has 5 nitrogen and oxygen atoms in total. The van der Waals surface area contributed by atoms with Crippen LogP contribution in [0.4, 0.5) is 0 Å². The maximum Gasteiger partial charge on any atom is 0.343 e. The van der Waals surface area contributed by atoms with Crippen LogP contribution in [-0.4, -0.2) is 23.0 Å². The Labute approximate surface area is 73.3 Å². The van der Waals surface area contributed by atoms with Crippen molar-refractivity contribution in [1.29, 1.82) is 0 Å². The number of carboxylic acids is 1. The summed E-state index contributed by atoms with van der Waals surface area (Å²) in [5.74, 6) is -4.18. The molecular weight excluding hydrogens is 176 g/mol. The monoisotopic (exact) mass is 182 g/mol. The maximum atomic E-state index is 10.9. The number of carboxylic acid groups (broad SMARTS) is 1. The van der Waals surface area contributed by atoms with Gasteiger partial charge in [0.15, 0.2) is 0 Å². The standard InChI is InChI=1S/C8H6O5/c1-2-4(7(10)11)5-3-6(9)13-8(5)12/h2-4H,1H2,(H,10,11). The Hall–Kier alpha value is -1.91.